The Morgan fingerprint density at radius 3 is 2.52 bits per heavy atom. The van der Waals surface area contributed by atoms with Crippen LogP contribution in [0.3, 0.4) is 0 Å². The fourth-order valence-electron chi connectivity index (χ4n) is 4.79. The Kier molecular flexibility index (Phi) is 3.62. The Labute approximate surface area is 168 Å². The van der Waals surface area contributed by atoms with Gasteiger partial charge in [0.1, 0.15) is 11.9 Å². The summed E-state index contributed by atoms with van der Waals surface area (Å²) in [5, 5.41) is 9.31. The molecule has 0 atom stereocenters. The summed E-state index contributed by atoms with van der Waals surface area (Å²) in [5.74, 6) is -0.0690. The molecule has 148 valence electrons. The zero-order valence-electron chi connectivity index (χ0n) is 16.4. The van der Waals surface area contributed by atoms with Gasteiger partial charge in [0.2, 0.25) is 5.88 Å². The minimum atomic E-state index is -0.760. The van der Waals surface area contributed by atoms with Crippen LogP contribution < -0.4 is 10.5 Å². The number of nitrogen functional groups attached to an aromatic ring is 1. The smallest absolute Gasteiger partial charge is 0.331 e. The predicted octanol–water partition coefficient (Wildman–Crippen LogP) is 3.56. The second-order valence-corrected chi connectivity index (χ2v) is 8.58. The molecule has 1 saturated carbocycles. The van der Waals surface area contributed by atoms with Crippen LogP contribution in [0.5, 0.6) is 5.88 Å². The molecular weight excluding hydrogens is 368 g/mol. The quantitative estimate of drug-likeness (QED) is 0.829. The zero-order valence-corrected chi connectivity index (χ0v) is 16.4. The van der Waals surface area contributed by atoms with E-state index in [4.69, 9.17) is 15.5 Å². The lowest BCUT2D eigenvalue weighted by molar-refractivity contribution is -0.133. The SMILES string of the molecule is CC1(C)Oc2ncnc(N)c2N=C1c1ccc(C23CCC(C(=O)O)=C(C2)C3)cc1. The standard InChI is InChI=1S/C22H22N4O3/c1-21(2)17(26-16-18(23)24-11-25-19(16)29-21)12-3-5-14(6-4-12)22-8-7-15(20(27)28)13(9-22)10-22/h3-6,11H,7-10H2,1-2H3,(H,27,28)(H2,23,24,25). The zero-order chi connectivity index (χ0) is 20.4. The average molecular weight is 390 g/mol. The van der Waals surface area contributed by atoms with E-state index >= 15 is 0 Å². The monoisotopic (exact) mass is 390 g/mol. The first-order chi connectivity index (χ1) is 13.8. The third-order valence-electron chi connectivity index (χ3n) is 6.38. The molecule has 2 aromatic rings. The van der Waals surface area contributed by atoms with Crippen LogP contribution in [0.2, 0.25) is 0 Å². The summed E-state index contributed by atoms with van der Waals surface area (Å²) in [7, 11) is 0. The van der Waals surface area contributed by atoms with E-state index in [1.807, 2.05) is 13.8 Å². The number of anilines is 1. The Morgan fingerprint density at radius 2 is 1.90 bits per heavy atom. The first kappa shape index (κ1) is 17.8. The highest BCUT2D eigenvalue weighted by Gasteiger charge is 2.47. The molecule has 0 spiro atoms. The van der Waals surface area contributed by atoms with Gasteiger partial charge in [-0.15, -0.1) is 0 Å². The van der Waals surface area contributed by atoms with Crippen molar-refractivity contribution in [1.29, 1.82) is 0 Å². The molecule has 3 aliphatic carbocycles. The van der Waals surface area contributed by atoms with Gasteiger partial charge in [-0.3, -0.25) is 0 Å². The summed E-state index contributed by atoms with van der Waals surface area (Å²) in [6.45, 7) is 3.91. The van der Waals surface area contributed by atoms with Crippen LogP contribution in [0.4, 0.5) is 11.5 Å². The van der Waals surface area contributed by atoms with E-state index in [9.17, 15) is 9.90 Å². The van der Waals surface area contributed by atoms with E-state index in [0.717, 1.165) is 36.1 Å². The molecule has 0 unspecified atom stereocenters. The van der Waals surface area contributed by atoms with Gasteiger partial charge in [-0.05, 0) is 45.1 Å². The number of ether oxygens (including phenoxy) is 1. The van der Waals surface area contributed by atoms with Crippen molar-refractivity contribution in [2.24, 2.45) is 4.99 Å². The molecule has 2 heterocycles. The second kappa shape index (κ2) is 5.89. The number of aromatic nitrogens is 2. The molecule has 1 aliphatic heterocycles. The van der Waals surface area contributed by atoms with Crippen LogP contribution in [0.1, 0.15) is 50.7 Å². The molecule has 7 nitrogen and oxygen atoms in total. The normalized spacial score (nSPS) is 20.8. The number of nitrogens with two attached hydrogens (primary N) is 1. The topological polar surface area (TPSA) is 111 Å². The molecule has 0 radical (unpaired) electrons. The van der Waals surface area contributed by atoms with Crippen molar-refractivity contribution in [3.63, 3.8) is 0 Å². The maximum absolute atomic E-state index is 11.3. The second-order valence-electron chi connectivity index (χ2n) is 8.58. The molecule has 0 amide bonds. The first-order valence-corrected chi connectivity index (χ1v) is 9.73. The fourth-order valence-corrected chi connectivity index (χ4v) is 4.79. The minimum Gasteiger partial charge on any atom is -0.478 e. The van der Waals surface area contributed by atoms with Gasteiger partial charge < -0.3 is 15.6 Å². The van der Waals surface area contributed by atoms with Crippen molar-refractivity contribution in [2.75, 3.05) is 5.73 Å². The summed E-state index contributed by atoms with van der Waals surface area (Å²) in [4.78, 5) is 24.2. The summed E-state index contributed by atoms with van der Waals surface area (Å²) in [6.07, 6.45) is 4.61. The molecule has 29 heavy (non-hydrogen) atoms. The Hall–Kier alpha value is -3.22. The molecule has 1 aromatic heterocycles. The molecule has 3 N–H and O–H groups in total. The van der Waals surface area contributed by atoms with Gasteiger partial charge in [0, 0.05) is 16.6 Å². The molecule has 4 aliphatic rings. The lowest BCUT2D eigenvalue weighted by Gasteiger charge is -2.49. The number of aliphatic imine (C=N–C) groups is 1. The van der Waals surface area contributed by atoms with Gasteiger partial charge in [-0.25, -0.2) is 14.8 Å². The van der Waals surface area contributed by atoms with Crippen LogP contribution in [0.25, 0.3) is 0 Å². The highest BCUT2D eigenvalue weighted by Crippen LogP contribution is 2.56. The lowest BCUT2D eigenvalue weighted by Crippen LogP contribution is -2.42. The number of nitrogens with zero attached hydrogens (tertiary/aromatic N) is 3. The number of benzene rings is 1. The van der Waals surface area contributed by atoms with Crippen molar-refractivity contribution in [1.82, 2.24) is 9.97 Å². The summed E-state index contributed by atoms with van der Waals surface area (Å²) < 4.78 is 6.05. The van der Waals surface area contributed by atoms with E-state index in [0.29, 0.717) is 29.4 Å². The highest BCUT2D eigenvalue weighted by atomic mass is 16.5. The largest absolute Gasteiger partial charge is 0.478 e. The molecule has 1 aromatic carbocycles. The van der Waals surface area contributed by atoms with Crippen LogP contribution in [-0.4, -0.2) is 32.4 Å². The maximum atomic E-state index is 11.3. The fraction of sp³-hybridized carbons (Fsp3) is 0.364. The van der Waals surface area contributed by atoms with Gasteiger partial charge in [0.05, 0.1) is 5.71 Å². The number of hydrogen-bond acceptors (Lipinski definition) is 6. The number of aliphatic carboxylic acids is 1. The third-order valence-corrected chi connectivity index (χ3v) is 6.38. The van der Waals surface area contributed by atoms with Crippen molar-refractivity contribution in [3.8, 4) is 5.88 Å². The Morgan fingerprint density at radius 1 is 1.17 bits per heavy atom. The number of allylic oxidation sites excluding steroid dienone is 1. The molecule has 1 fully saturated rings. The van der Waals surface area contributed by atoms with Gasteiger partial charge >= 0.3 is 5.97 Å². The van der Waals surface area contributed by atoms with Crippen molar-refractivity contribution in [3.05, 3.63) is 52.9 Å². The van der Waals surface area contributed by atoms with E-state index in [1.54, 1.807) is 0 Å². The number of hydrogen-bond donors (Lipinski definition) is 2. The Balaban J connectivity index is 1.47. The molecule has 6 rings (SSSR count). The number of carbonyl (C=O) groups is 1. The minimum absolute atomic E-state index is 0.0814. The van der Waals surface area contributed by atoms with E-state index < -0.39 is 11.6 Å². The average Bonchev–Trinajstić information content (AvgIpc) is 2.66. The van der Waals surface area contributed by atoms with E-state index in [2.05, 4.69) is 34.2 Å². The van der Waals surface area contributed by atoms with Gasteiger partial charge in [0.25, 0.3) is 0 Å². The number of carboxylic acids is 1. The lowest BCUT2D eigenvalue weighted by atomic mass is 9.54. The molecule has 2 bridgehead atoms. The predicted molar refractivity (Wildman–Crippen MR) is 109 cm³/mol. The number of rotatable bonds is 3. The molecular formula is C22H22N4O3. The summed E-state index contributed by atoms with van der Waals surface area (Å²) in [5.41, 5.74) is 10.6. The van der Waals surface area contributed by atoms with Gasteiger partial charge in [0.15, 0.2) is 11.5 Å². The maximum Gasteiger partial charge on any atom is 0.331 e. The molecule has 0 saturated heterocycles. The van der Waals surface area contributed by atoms with Crippen LogP contribution in [-0.2, 0) is 10.2 Å². The Bertz CT molecular complexity index is 1090. The third kappa shape index (κ3) is 2.64. The molecule has 7 heteroatoms. The van der Waals surface area contributed by atoms with Crippen LogP contribution in [0.15, 0.2) is 46.7 Å². The number of fused-ring (bicyclic) bond motifs is 3. The van der Waals surface area contributed by atoms with Crippen LogP contribution >= 0.6 is 0 Å². The number of carboxylic acid groups (broad SMARTS) is 1. The van der Waals surface area contributed by atoms with E-state index in [-0.39, 0.29) is 5.41 Å². The highest BCUT2D eigenvalue weighted by molar-refractivity contribution is 6.09. The first-order valence-electron chi connectivity index (χ1n) is 9.73. The van der Waals surface area contributed by atoms with Crippen LogP contribution in [0, 0.1) is 0 Å². The summed E-state index contributed by atoms with van der Waals surface area (Å²) in [6, 6.07) is 8.40. The van der Waals surface area contributed by atoms with Crippen molar-refractivity contribution >= 4 is 23.2 Å². The van der Waals surface area contributed by atoms with E-state index in [1.165, 1.54) is 11.9 Å². The van der Waals surface area contributed by atoms with Crippen molar-refractivity contribution < 1.29 is 14.6 Å². The van der Waals surface area contributed by atoms with Gasteiger partial charge in [-0.2, -0.15) is 4.98 Å². The van der Waals surface area contributed by atoms with Gasteiger partial charge in [-0.1, -0.05) is 29.8 Å². The summed E-state index contributed by atoms with van der Waals surface area (Å²) >= 11 is 0. The van der Waals surface area contributed by atoms with Crippen molar-refractivity contribution in [2.45, 2.75) is 50.5 Å².